The van der Waals surface area contributed by atoms with Crippen LogP contribution in [0.5, 0.6) is 17.5 Å². The Morgan fingerprint density at radius 3 is 2.12 bits per heavy atom. The summed E-state index contributed by atoms with van der Waals surface area (Å²) in [6, 6.07) is 10.2. The molecule has 5 rings (SSSR count). The van der Waals surface area contributed by atoms with Gasteiger partial charge in [0.25, 0.3) is 0 Å². The Balaban J connectivity index is 1.23. The highest BCUT2D eigenvalue weighted by atomic mass is 16.4. The molecule has 0 spiro atoms. The first-order chi connectivity index (χ1) is 19.6. The lowest BCUT2D eigenvalue weighted by Gasteiger charge is -2.37. The zero-order chi connectivity index (χ0) is 29.3. The molecule has 0 unspecified atom stereocenters. The van der Waals surface area contributed by atoms with Crippen molar-refractivity contribution >= 4 is 17.6 Å². The average molecular weight is 565 g/mol. The Hall–Kier alpha value is -4.32. The van der Waals surface area contributed by atoms with Gasteiger partial charge in [0, 0.05) is 51.0 Å². The molecule has 12 nitrogen and oxygen atoms in total. The standard InChI is InChI=1S/C29H36N6O6/c1-18(2)22-15-23(25(37)16-24(22)36)27-30-31-29(41)35(27)21-5-3-20(4-6-21)33-13-11-32(12-14-33)17-26(38)34-9-7-19(8-10-34)28(39)40/h3-6,15-16,18-19,36-37H,7-14,17H2,1-2H3,(H,31,41)(H,39,40). The summed E-state index contributed by atoms with van der Waals surface area (Å²) in [5.74, 6) is -1.00. The SMILES string of the molecule is CC(C)c1cc(-c2nnc(O)n2-c2ccc(N3CCN(CC(=O)N4CCC(C(=O)O)CC4)CC3)cc2)c(O)cc1O. The number of hydrogen-bond acceptors (Lipinski definition) is 9. The molecule has 0 bridgehead atoms. The monoisotopic (exact) mass is 564 g/mol. The van der Waals surface area contributed by atoms with Crippen LogP contribution in [-0.2, 0) is 9.59 Å². The number of carbonyl (C=O) groups excluding carboxylic acids is 1. The first-order valence-electron chi connectivity index (χ1n) is 13.9. The molecule has 3 aromatic rings. The number of carboxylic acids is 1. The van der Waals surface area contributed by atoms with E-state index in [0.29, 0.717) is 49.3 Å². The van der Waals surface area contributed by atoms with Crippen LogP contribution in [0.2, 0.25) is 0 Å². The van der Waals surface area contributed by atoms with Crippen molar-refractivity contribution in [1.29, 1.82) is 0 Å². The van der Waals surface area contributed by atoms with E-state index < -0.39 is 5.97 Å². The molecule has 218 valence electrons. The first kappa shape index (κ1) is 28.2. The quantitative estimate of drug-likeness (QED) is 0.336. The average Bonchev–Trinajstić information content (AvgIpc) is 3.34. The summed E-state index contributed by atoms with van der Waals surface area (Å²) in [5.41, 5.74) is 2.60. The second-order valence-electron chi connectivity index (χ2n) is 11.0. The molecule has 2 fully saturated rings. The topological polar surface area (TPSA) is 155 Å². The highest BCUT2D eigenvalue weighted by molar-refractivity contribution is 5.79. The number of piperazine rings is 1. The fraction of sp³-hybridized carbons (Fsp3) is 0.448. The van der Waals surface area contributed by atoms with E-state index in [1.807, 2.05) is 38.1 Å². The van der Waals surface area contributed by atoms with Crippen molar-refractivity contribution in [3.8, 4) is 34.6 Å². The van der Waals surface area contributed by atoms with Gasteiger partial charge >= 0.3 is 12.0 Å². The molecule has 2 aliphatic heterocycles. The van der Waals surface area contributed by atoms with Crippen molar-refractivity contribution in [2.45, 2.75) is 32.6 Å². The number of phenols is 2. The van der Waals surface area contributed by atoms with Crippen LogP contribution in [0.3, 0.4) is 0 Å². The number of rotatable bonds is 7. The third-order valence-electron chi connectivity index (χ3n) is 8.05. The molecule has 12 heteroatoms. The van der Waals surface area contributed by atoms with Crippen LogP contribution in [0.1, 0.15) is 38.2 Å². The van der Waals surface area contributed by atoms with Gasteiger partial charge in [-0.05, 0) is 54.7 Å². The molecule has 0 aliphatic carbocycles. The van der Waals surface area contributed by atoms with Crippen molar-refractivity contribution in [2.24, 2.45) is 5.92 Å². The number of nitrogens with zero attached hydrogens (tertiary/aromatic N) is 6. The number of carbonyl (C=O) groups is 2. The molecule has 2 saturated heterocycles. The van der Waals surface area contributed by atoms with Crippen LogP contribution in [-0.4, -0.2) is 103 Å². The highest BCUT2D eigenvalue weighted by Gasteiger charge is 2.28. The summed E-state index contributed by atoms with van der Waals surface area (Å²) in [5, 5.41) is 48.4. The Morgan fingerprint density at radius 2 is 1.51 bits per heavy atom. The number of aliphatic carboxylic acids is 1. The first-order valence-corrected chi connectivity index (χ1v) is 13.9. The fourth-order valence-corrected chi connectivity index (χ4v) is 5.57. The summed E-state index contributed by atoms with van der Waals surface area (Å²) >= 11 is 0. The second-order valence-corrected chi connectivity index (χ2v) is 11.0. The number of aromatic hydroxyl groups is 3. The van der Waals surface area contributed by atoms with Crippen molar-refractivity contribution in [3.63, 3.8) is 0 Å². The van der Waals surface area contributed by atoms with Crippen molar-refractivity contribution in [1.82, 2.24) is 24.6 Å². The van der Waals surface area contributed by atoms with Gasteiger partial charge in [0.15, 0.2) is 5.82 Å². The summed E-state index contributed by atoms with van der Waals surface area (Å²) < 4.78 is 1.45. The molecule has 41 heavy (non-hydrogen) atoms. The van der Waals surface area contributed by atoms with E-state index in [2.05, 4.69) is 20.0 Å². The van der Waals surface area contributed by atoms with Gasteiger partial charge in [0.1, 0.15) is 11.5 Å². The van der Waals surface area contributed by atoms with Gasteiger partial charge in [-0.25, -0.2) is 4.57 Å². The number of hydrogen-bond donors (Lipinski definition) is 4. The van der Waals surface area contributed by atoms with E-state index in [4.69, 9.17) is 0 Å². The number of carboxylic acid groups (broad SMARTS) is 1. The maximum Gasteiger partial charge on any atom is 0.319 e. The lowest BCUT2D eigenvalue weighted by Crippen LogP contribution is -2.51. The van der Waals surface area contributed by atoms with E-state index >= 15 is 0 Å². The summed E-state index contributed by atoms with van der Waals surface area (Å²) in [6.07, 6.45) is 1.02. The Morgan fingerprint density at radius 1 is 0.878 bits per heavy atom. The fourth-order valence-electron chi connectivity index (χ4n) is 5.57. The second kappa shape index (κ2) is 11.7. The van der Waals surface area contributed by atoms with Gasteiger partial charge < -0.3 is 30.2 Å². The molecule has 4 N–H and O–H groups in total. The minimum absolute atomic E-state index is 0.00790. The molecule has 0 saturated carbocycles. The normalized spacial score (nSPS) is 16.9. The molecule has 0 radical (unpaired) electrons. The molecule has 2 aromatic carbocycles. The van der Waals surface area contributed by atoms with Crippen LogP contribution in [0.4, 0.5) is 5.69 Å². The third-order valence-corrected chi connectivity index (χ3v) is 8.05. The van der Waals surface area contributed by atoms with Gasteiger partial charge in [-0.2, -0.15) is 0 Å². The largest absolute Gasteiger partial charge is 0.508 e. The maximum absolute atomic E-state index is 12.8. The predicted octanol–water partition coefficient (Wildman–Crippen LogP) is 2.62. The van der Waals surface area contributed by atoms with Gasteiger partial charge in [-0.3, -0.25) is 14.5 Å². The zero-order valence-electron chi connectivity index (χ0n) is 23.3. The summed E-state index contributed by atoms with van der Waals surface area (Å²) in [4.78, 5) is 30.1. The number of anilines is 1. The van der Waals surface area contributed by atoms with E-state index in [1.54, 1.807) is 11.0 Å². The smallest absolute Gasteiger partial charge is 0.319 e. The predicted molar refractivity (Wildman–Crippen MR) is 151 cm³/mol. The number of piperidine rings is 1. The van der Waals surface area contributed by atoms with Crippen LogP contribution in [0.15, 0.2) is 36.4 Å². The zero-order valence-corrected chi connectivity index (χ0v) is 23.3. The van der Waals surface area contributed by atoms with E-state index in [1.165, 1.54) is 10.6 Å². The number of aromatic nitrogens is 3. The Kier molecular flexibility index (Phi) is 8.02. The highest BCUT2D eigenvalue weighted by Crippen LogP contribution is 2.39. The molecule has 0 atom stereocenters. The van der Waals surface area contributed by atoms with E-state index in [9.17, 15) is 30.0 Å². The lowest BCUT2D eigenvalue weighted by molar-refractivity contribution is -0.146. The Bertz CT molecular complexity index is 1410. The minimum Gasteiger partial charge on any atom is -0.508 e. The van der Waals surface area contributed by atoms with E-state index in [-0.39, 0.29) is 41.1 Å². The molecular weight excluding hydrogens is 528 g/mol. The van der Waals surface area contributed by atoms with Crippen LogP contribution < -0.4 is 4.90 Å². The molecule has 3 heterocycles. The van der Waals surface area contributed by atoms with Crippen LogP contribution in [0.25, 0.3) is 17.1 Å². The minimum atomic E-state index is -0.781. The number of benzene rings is 2. The molecular formula is C29H36N6O6. The number of phenolic OH excluding ortho intramolecular Hbond substituents is 2. The van der Waals surface area contributed by atoms with Gasteiger partial charge in [-0.15, -0.1) is 5.10 Å². The molecule has 2 aliphatic rings. The lowest BCUT2D eigenvalue weighted by atomic mass is 9.97. The van der Waals surface area contributed by atoms with Gasteiger partial charge in [-0.1, -0.05) is 18.9 Å². The summed E-state index contributed by atoms with van der Waals surface area (Å²) in [6.45, 7) is 8.15. The number of amides is 1. The molecule has 1 amide bonds. The van der Waals surface area contributed by atoms with Crippen LogP contribution >= 0.6 is 0 Å². The third kappa shape index (κ3) is 5.92. The van der Waals surface area contributed by atoms with Crippen LogP contribution in [0, 0.1) is 5.92 Å². The van der Waals surface area contributed by atoms with Crippen molar-refractivity contribution < 1.29 is 30.0 Å². The maximum atomic E-state index is 12.8. The van der Waals surface area contributed by atoms with Crippen molar-refractivity contribution in [2.75, 3.05) is 50.7 Å². The van der Waals surface area contributed by atoms with Crippen molar-refractivity contribution in [3.05, 3.63) is 42.0 Å². The van der Waals surface area contributed by atoms with Gasteiger partial charge in [0.2, 0.25) is 5.91 Å². The Labute approximate surface area is 238 Å². The number of likely N-dealkylation sites (tertiary alicyclic amines) is 1. The summed E-state index contributed by atoms with van der Waals surface area (Å²) in [7, 11) is 0. The van der Waals surface area contributed by atoms with E-state index in [0.717, 1.165) is 31.9 Å². The van der Waals surface area contributed by atoms with Gasteiger partial charge in [0.05, 0.1) is 23.7 Å². The molecule has 1 aromatic heterocycles.